The Hall–Kier alpha value is -2.64. The summed E-state index contributed by atoms with van der Waals surface area (Å²) in [6.07, 6.45) is 6.10. The van der Waals surface area contributed by atoms with Gasteiger partial charge in [-0.3, -0.25) is 19.1 Å². The number of nitrogens with zero attached hydrogens (tertiary/aromatic N) is 3. The Labute approximate surface area is 125 Å². The maximum atomic E-state index is 12.1. The van der Waals surface area contributed by atoms with E-state index >= 15 is 0 Å². The molecule has 0 spiro atoms. The maximum absolute atomic E-state index is 12.1. The second-order valence-corrected chi connectivity index (χ2v) is 5.42. The summed E-state index contributed by atoms with van der Waals surface area (Å²) in [6, 6.07) is 0. The van der Waals surface area contributed by atoms with Crippen LogP contribution in [0.3, 0.4) is 0 Å². The first-order chi connectivity index (χ1) is 10.5. The van der Waals surface area contributed by atoms with Crippen LogP contribution in [0.15, 0.2) is 22.0 Å². The molecule has 0 radical (unpaired) electrons. The molecule has 2 aromatic rings. The third-order valence-corrected chi connectivity index (χ3v) is 3.74. The van der Waals surface area contributed by atoms with Gasteiger partial charge in [-0.15, -0.1) is 0 Å². The lowest BCUT2D eigenvalue weighted by atomic mass is 10.2. The molecule has 0 aliphatic carbocycles. The van der Waals surface area contributed by atoms with Crippen LogP contribution in [0.2, 0.25) is 0 Å². The lowest BCUT2D eigenvalue weighted by molar-refractivity contribution is -0.116. The van der Waals surface area contributed by atoms with E-state index < -0.39 is 11.2 Å². The molecule has 0 aromatic carbocycles. The lowest BCUT2D eigenvalue weighted by Gasteiger charge is -2.16. The number of aryl methyl sites for hydroxylation is 2. The first kappa shape index (κ1) is 14.3. The van der Waals surface area contributed by atoms with E-state index in [1.54, 1.807) is 13.1 Å². The van der Waals surface area contributed by atoms with Crippen molar-refractivity contribution in [1.29, 1.82) is 0 Å². The SMILES string of the molecule is Cc1cn(CC(=O)Nc2cnc3n2CCCC3)c(=O)[nH]c1=O. The van der Waals surface area contributed by atoms with Crippen molar-refractivity contribution < 1.29 is 4.79 Å². The van der Waals surface area contributed by atoms with Crippen LogP contribution in [0, 0.1) is 6.92 Å². The van der Waals surface area contributed by atoms with Gasteiger partial charge in [-0.05, 0) is 19.8 Å². The molecule has 0 unspecified atom stereocenters. The van der Waals surface area contributed by atoms with Gasteiger partial charge in [-0.25, -0.2) is 9.78 Å². The quantitative estimate of drug-likeness (QED) is 0.834. The highest BCUT2D eigenvalue weighted by molar-refractivity contribution is 5.89. The van der Waals surface area contributed by atoms with E-state index in [0.717, 1.165) is 31.6 Å². The van der Waals surface area contributed by atoms with E-state index in [1.807, 2.05) is 4.57 Å². The first-order valence-electron chi connectivity index (χ1n) is 7.19. The monoisotopic (exact) mass is 303 g/mol. The fraction of sp³-hybridized carbons (Fsp3) is 0.429. The molecule has 0 saturated carbocycles. The van der Waals surface area contributed by atoms with Gasteiger partial charge >= 0.3 is 5.69 Å². The summed E-state index contributed by atoms with van der Waals surface area (Å²) in [6.45, 7) is 2.26. The molecule has 8 nitrogen and oxygen atoms in total. The standard InChI is InChI=1S/C14H17N5O3/c1-9-7-18(14(22)17-13(9)21)8-12(20)16-11-6-15-10-4-2-3-5-19(10)11/h6-7H,2-5,8H2,1H3,(H,16,20)(H,17,21,22). The summed E-state index contributed by atoms with van der Waals surface area (Å²) >= 11 is 0. The number of H-pyrrole nitrogens is 1. The number of fused-ring (bicyclic) bond motifs is 1. The Morgan fingerprint density at radius 3 is 3.05 bits per heavy atom. The minimum absolute atomic E-state index is 0.156. The van der Waals surface area contributed by atoms with Crippen LogP contribution in [0.5, 0.6) is 0 Å². The van der Waals surface area contributed by atoms with Crippen LogP contribution in [-0.2, 0) is 24.3 Å². The minimum atomic E-state index is -0.596. The molecule has 1 amide bonds. The van der Waals surface area contributed by atoms with E-state index in [4.69, 9.17) is 0 Å². The summed E-state index contributed by atoms with van der Waals surface area (Å²) in [5.74, 6) is 1.29. The van der Waals surface area contributed by atoms with E-state index in [9.17, 15) is 14.4 Å². The van der Waals surface area contributed by atoms with Gasteiger partial charge in [0.15, 0.2) is 0 Å². The van der Waals surface area contributed by atoms with Crippen LogP contribution in [0.25, 0.3) is 0 Å². The van der Waals surface area contributed by atoms with Crippen molar-refractivity contribution in [2.75, 3.05) is 5.32 Å². The molecule has 3 heterocycles. The molecule has 3 rings (SSSR count). The molecule has 0 atom stereocenters. The number of carbonyl (C=O) groups is 1. The van der Waals surface area contributed by atoms with Gasteiger partial charge in [-0.2, -0.15) is 0 Å². The Kier molecular flexibility index (Phi) is 3.66. The molecular weight excluding hydrogens is 286 g/mol. The van der Waals surface area contributed by atoms with Gasteiger partial charge in [0.25, 0.3) is 5.56 Å². The van der Waals surface area contributed by atoms with E-state index in [2.05, 4.69) is 15.3 Å². The summed E-state index contributed by atoms with van der Waals surface area (Å²) in [5.41, 5.74) is -0.651. The topological polar surface area (TPSA) is 102 Å². The fourth-order valence-electron chi connectivity index (χ4n) is 2.59. The highest BCUT2D eigenvalue weighted by Crippen LogP contribution is 2.19. The normalized spacial score (nSPS) is 13.7. The number of aromatic nitrogens is 4. The van der Waals surface area contributed by atoms with Crippen LogP contribution >= 0.6 is 0 Å². The first-order valence-corrected chi connectivity index (χ1v) is 7.19. The number of nitrogens with one attached hydrogen (secondary N) is 2. The predicted octanol–water partition coefficient (Wildman–Crippen LogP) is 0.0165. The smallest absolute Gasteiger partial charge is 0.315 e. The van der Waals surface area contributed by atoms with Crippen LogP contribution in [0.4, 0.5) is 5.82 Å². The van der Waals surface area contributed by atoms with Crippen molar-refractivity contribution in [3.05, 3.63) is 44.6 Å². The number of aromatic amines is 1. The summed E-state index contributed by atoms with van der Waals surface area (Å²) in [7, 11) is 0. The van der Waals surface area contributed by atoms with E-state index in [1.165, 1.54) is 10.8 Å². The molecular formula is C14H17N5O3. The zero-order chi connectivity index (χ0) is 15.7. The van der Waals surface area contributed by atoms with Gasteiger partial charge in [0.05, 0.1) is 6.20 Å². The molecule has 0 saturated heterocycles. The number of rotatable bonds is 3. The minimum Gasteiger partial charge on any atom is -0.315 e. The number of anilines is 1. The zero-order valence-corrected chi connectivity index (χ0v) is 12.3. The highest BCUT2D eigenvalue weighted by Gasteiger charge is 2.16. The fourth-order valence-corrected chi connectivity index (χ4v) is 2.59. The molecule has 0 fully saturated rings. The average molecular weight is 303 g/mol. The Balaban J connectivity index is 1.76. The molecule has 0 bridgehead atoms. The lowest BCUT2D eigenvalue weighted by Crippen LogP contribution is -2.34. The number of hydrogen-bond acceptors (Lipinski definition) is 4. The van der Waals surface area contributed by atoms with Crippen molar-refractivity contribution in [2.24, 2.45) is 0 Å². The van der Waals surface area contributed by atoms with Crippen molar-refractivity contribution in [1.82, 2.24) is 19.1 Å². The Morgan fingerprint density at radius 2 is 2.23 bits per heavy atom. The summed E-state index contributed by atoms with van der Waals surface area (Å²) < 4.78 is 3.17. The van der Waals surface area contributed by atoms with Crippen molar-refractivity contribution >= 4 is 11.7 Å². The van der Waals surface area contributed by atoms with Gasteiger partial charge in [0, 0.05) is 24.7 Å². The largest absolute Gasteiger partial charge is 0.328 e. The molecule has 2 N–H and O–H groups in total. The highest BCUT2D eigenvalue weighted by atomic mass is 16.2. The Bertz CT molecular complexity index is 830. The average Bonchev–Trinajstić information content (AvgIpc) is 2.88. The van der Waals surface area contributed by atoms with Gasteiger partial charge in [0.1, 0.15) is 18.2 Å². The number of carbonyl (C=O) groups excluding carboxylic acids is 1. The second kappa shape index (κ2) is 5.63. The van der Waals surface area contributed by atoms with Crippen molar-refractivity contribution in [3.63, 3.8) is 0 Å². The third-order valence-electron chi connectivity index (χ3n) is 3.74. The van der Waals surface area contributed by atoms with Crippen LogP contribution in [0.1, 0.15) is 24.2 Å². The zero-order valence-electron chi connectivity index (χ0n) is 12.3. The second-order valence-electron chi connectivity index (χ2n) is 5.42. The molecule has 1 aliphatic rings. The molecule has 8 heteroatoms. The molecule has 22 heavy (non-hydrogen) atoms. The summed E-state index contributed by atoms with van der Waals surface area (Å²) in [5, 5.41) is 2.77. The van der Waals surface area contributed by atoms with Gasteiger partial charge in [0.2, 0.25) is 5.91 Å². The molecule has 1 aliphatic heterocycles. The Morgan fingerprint density at radius 1 is 1.41 bits per heavy atom. The number of hydrogen-bond donors (Lipinski definition) is 2. The number of imidazole rings is 1. The summed E-state index contributed by atoms with van der Waals surface area (Å²) in [4.78, 5) is 41.6. The van der Waals surface area contributed by atoms with Gasteiger partial charge < -0.3 is 9.88 Å². The van der Waals surface area contributed by atoms with Crippen LogP contribution < -0.4 is 16.6 Å². The third kappa shape index (κ3) is 2.72. The number of amides is 1. The maximum Gasteiger partial charge on any atom is 0.328 e. The van der Waals surface area contributed by atoms with E-state index in [-0.39, 0.29) is 12.5 Å². The molecule has 116 valence electrons. The van der Waals surface area contributed by atoms with Crippen molar-refractivity contribution in [3.8, 4) is 0 Å². The van der Waals surface area contributed by atoms with Crippen molar-refractivity contribution in [2.45, 2.75) is 39.3 Å². The predicted molar refractivity (Wildman–Crippen MR) is 79.9 cm³/mol. The van der Waals surface area contributed by atoms with Gasteiger partial charge in [-0.1, -0.05) is 0 Å². The van der Waals surface area contributed by atoms with E-state index in [0.29, 0.717) is 11.4 Å². The molecule has 2 aromatic heterocycles. The van der Waals surface area contributed by atoms with Crippen LogP contribution in [-0.4, -0.2) is 25.0 Å².